The van der Waals surface area contributed by atoms with Crippen LogP contribution < -0.4 is 15.8 Å². The molecule has 0 aliphatic carbocycles. The number of fused-ring (bicyclic) bond motifs is 2. The molecule has 18 heteroatoms. The van der Waals surface area contributed by atoms with Gasteiger partial charge < -0.3 is 29.2 Å². The Kier molecular flexibility index (Phi) is 11.0. The van der Waals surface area contributed by atoms with E-state index >= 15 is 0 Å². The number of halogens is 4. The van der Waals surface area contributed by atoms with E-state index in [1.54, 1.807) is 60.6 Å². The summed E-state index contributed by atoms with van der Waals surface area (Å²) in [6.45, 7) is 8.46. The number of hydrogen-bond donors (Lipinski definition) is 1. The topological polar surface area (TPSA) is 153 Å². The fraction of sp³-hybridized carbons (Fsp3) is 0.375. The monoisotopic (exact) mass is 820 g/mol. The number of hydrogen-bond acceptors (Lipinski definition) is 10. The van der Waals surface area contributed by atoms with E-state index in [1.165, 1.54) is 0 Å². The van der Waals surface area contributed by atoms with E-state index in [0.717, 1.165) is 28.3 Å². The number of amides is 2. The molecule has 2 aliphatic rings. The largest absolute Gasteiger partial charge is 0.456 e. The van der Waals surface area contributed by atoms with Gasteiger partial charge in [-0.3, -0.25) is 14.4 Å². The minimum absolute atomic E-state index is 0.0210. The normalized spacial score (nSPS) is 15.1. The van der Waals surface area contributed by atoms with Gasteiger partial charge in [0.15, 0.2) is 5.82 Å². The number of aromatic nitrogens is 5. The summed E-state index contributed by atoms with van der Waals surface area (Å²) >= 11 is 6.15. The number of piperazine rings is 1. The first-order chi connectivity index (χ1) is 27.5. The molecule has 7 rings (SSSR count). The van der Waals surface area contributed by atoms with E-state index in [4.69, 9.17) is 21.1 Å². The van der Waals surface area contributed by atoms with E-state index in [0.29, 0.717) is 42.1 Å². The lowest BCUT2D eigenvalue weighted by Crippen LogP contribution is -2.51. The number of para-hydroxylation sites is 1. The van der Waals surface area contributed by atoms with E-state index in [-0.39, 0.29) is 78.5 Å². The van der Waals surface area contributed by atoms with Crippen molar-refractivity contribution in [3.05, 3.63) is 98.3 Å². The number of pyridine rings is 1. The molecule has 0 bridgehead atoms. The second-order valence-electron chi connectivity index (χ2n) is 14.8. The van der Waals surface area contributed by atoms with Gasteiger partial charge in [0.25, 0.3) is 11.5 Å². The van der Waals surface area contributed by atoms with Gasteiger partial charge in [0.2, 0.25) is 11.7 Å². The fourth-order valence-corrected chi connectivity index (χ4v) is 7.21. The third kappa shape index (κ3) is 8.27. The first-order valence-corrected chi connectivity index (χ1v) is 19.0. The Morgan fingerprint density at radius 3 is 2.41 bits per heavy atom. The van der Waals surface area contributed by atoms with Crippen LogP contribution in [0.1, 0.15) is 72.0 Å². The highest BCUT2D eigenvalue weighted by molar-refractivity contribution is 6.33. The average molecular weight is 821 g/mol. The van der Waals surface area contributed by atoms with Gasteiger partial charge in [-0.1, -0.05) is 42.8 Å². The zero-order valence-electron chi connectivity index (χ0n) is 32.2. The summed E-state index contributed by atoms with van der Waals surface area (Å²) in [4.78, 5) is 67.6. The fourth-order valence-electron chi connectivity index (χ4n) is 6.98. The predicted octanol–water partition coefficient (Wildman–Crippen LogP) is 6.03. The molecule has 3 aromatic heterocycles. The molecule has 304 valence electrons. The molecule has 2 aliphatic heterocycles. The van der Waals surface area contributed by atoms with Crippen molar-refractivity contribution >= 4 is 63.0 Å². The molecule has 1 N–H and O–H groups in total. The molecule has 0 atom stereocenters. The second kappa shape index (κ2) is 15.9. The predicted molar refractivity (Wildman–Crippen MR) is 210 cm³/mol. The maximum atomic E-state index is 14.3. The van der Waals surface area contributed by atoms with Crippen molar-refractivity contribution in [1.29, 1.82) is 0 Å². The standard InChI is InChI=1S/C40H40ClF3N8O6/c1-5-30-33(49-15-17-50(18-16-49)35(54)29-11-9-23-7-6-8-26(32(23)46-29)37(56)58-39(2,3)4)36(55)52-38(47-34(48-52)24-13-19-57-20-14-24)51(30)22-31(53)45-28-12-10-25(21-27(28)41)40(42,43)44/h6-13,21H,5,14-20,22H2,1-4H3,(H,45,53). The first kappa shape index (κ1) is 40.4. The van der Waals surface area contributed by atoms with E-state index in [9.17, 15) is 32.3 Å². The van der Waals surface area contributed by atoms with E-state index in [2.05, 4.69) is 20.4 Å². The number of alkyl halides is 3. The second-order valence-corrected chi connectivity index (χ2v) is 15.2. The highest BCUT2D eigenvalue weighted by Gasteiger charge is 2.32. The Balaban J connectivity index is 1.18. The van der Waals surface area contributed by atoms with Crippen LogP contribution in [0.2, 0.25) is 5.02 Å². The van der Waals surface area contributed by atoms with Crippen LogP contribution >= 0.6 is 11.6 Å². The Morgan fingerprint density at radius 2 is 1.76 bits per heavy atom. The van der Waals surface area contributed by atoms with Crippen LogP contribution in [0, 0.1) is 0 Å². The average Bonchev–Trinajstić information content (AvgIpc) is 3.64. The molecule has 0 saturated carbocycles. The van der Waals surface area contributed by atoms with Crippen LogP contribution in [-0.4, -0.2) is 91.8 Å². The van der Waals surface area contributed by atoms with E-state index in [1.807, 2.05) is 17.9 Å². The smallest absolute Gasteiger partial charge is 0.416 e. The molecular formula is C40H40ClF3N8O6. The number of ether oxygens (including phenoxy) is 2. The van der Waals surface area contributed by atoms with Gasteiger partial charge in [0.05, 0.1) is 46.3 Å². The molecule has 1 saturated heterocycles. The number of nitrogens with one attached hydrogen (secondary N) is 1. The van der Waals surface area contributed by atoms with Crippen molar-refractivity contribution in [2.45, 2.75) is 58.9 Å². The van der Waals surface area contributed by atoms with E-state index < -0.39 is 34.8 Å². The molecule has 58 heavy (non-hydrogen) atoms. The van der Waals surface area contributed by atoms with Gasteiger partial charge in [-0.2, -0.15) is 22.7 Å². The van der Waals surface area contributed by atoms with Crippen molar-refractivity contribution in [1.82, 2.24) is 29.0 Å². The zero-order chi connectivity index (χ0) is 41.5. The Bertz CT molecular complexity index is 2540. The highest BCUT2D eigenvalue weighted by atomic mass is 35.5. The summed E-state index contributed by atoms with van der Waals surface area (Å²) in [5.74, 6) is -1.14. The summed E-state index contributed by atoms with van der Waals surface area (Å²) in [6.07, 6.45) is -2.00. The molecule has 2 aromatic carbocycles. The van der Waals surface area contributed by atoms with Crippen LogP contribution in [0.3, 0.4) is 0 Å². The van der Waals surface area contributed by atoms with Crippen LogP contribution in [0.4, 0.5) is 24.5 Å². The molecule has 5 aromatic rings. The zero-order valence-corrected chi connectivity index (χ0v) is 32.9. The van der Waals surface area contributed by atoms with Crippen molar-refractivity contribution < 1.29 is 37.0 Å². The van der Waals surface area contributed by atoms with Crippen LogP contribution in [-0.2, 0) is 33.4 Å². The molecule has 0 radical (unpaired) electrons. The minimum atomic E-state index is -4.62. The van der Waals surface area contributed by atoms with Gasteiger partial charge >= 0.3 is 12.1 Å². The number of rotatable bonds is 8. The van der Waals surface area contributed by atoms with Crippen LogP contribution in [0.5, 0.6) is 0 Å². The minimum Gasteiger partial charge on any atom is -0.456 e. The maximum Gasteiger partial charge on any atom is 0.416 e. The van der Waals surface area contributed by atoms with Gasteiger partial charge in [-0.15, -0.1) is 5.10 Å². The molecule has 1 fully saturated rings. The van der Waals surface area contributed by atoms with Gasteiger partial charge in [-0.05, 0) is 69.5 Å². The molecule has 5 heterocycles. The number of carbonyl (C=O) groups is 3. The highest BCUT2D eigenvalue weighted by Crippen LogP contribution is 2.34. The van der Waals surface area contributed by atoms with Gasteiger partial charge in [0, 0.05) is 31.6 Å². The van der Waals surface area contributed by atoms with Gasteiger partial charge in [-0.25, -0.2) is 9.78 Å². The maximum absolute atomic E-state index is 14.3. The molecule has 2 amide bonds. The van der Waals surface area contributed by atoms with Crippen molar-refractivity contribution in [3.63, 3.8) is 0 Å². The lowest BCUT2D eigenvalue weighted by molar-refractivity contribution is -0.137. The van der Waals surface area contributed by atoms with Crippen LogP contribution in [0.15, 0.2) is 59.4 Å². The number of anilines is 2. The SMILES string of the molecule is CCc1c(N2CCN(C(=O)c3ccc4cccc(C(=O)OC(C)(C)C)c4n3)CC2)c(=O)n2nc(C3=CCOCC3)nc2n1CC(=O)Nc1ccc(C(F)(F)F)cc1Cl. The summed E-state index contributed by atoms with van der Waals surface area (Å²) in [7, 11) is 0. The summed E-state index contributed by atoms with van der Waals surface area (Å²) < 4.78 is 53.5. The number of nitrogens with zero attached hydrogens (tertiary/aromatic N) is 7. The Hall–Kier alpha value is -5.81. The van der Waals surface area contributed by atoms with Crippen molar-refractivity contribution in [2.75, 3.05) is 49.6 Å². The lowest BCUT2D eigenvalue weighted by Gasteiger charge is -2.36. The first-order valence-electron chi connectivity index (χ1n) is 18.7. The van der Waals surface area contributed by atoms with Crippen molar-refractivity contribution in [3.8, 4) is 0 Å². The molecule has 0 unspecified atom stereocenters. The Morgan fingerprint density at radius 1 is 1.00 bits per heavy atom. The molecule has 14 nitrogen and oxygen atoms in total. The number of esters is 1. The third-order valence-electron chi connectivity index (χ3n) is 9.72. The number of benzene rings is 2. The summed E-state index contributed by atoms with van der Waals surface area (Å²) in [5.41, 5.74) is 0.0626. The third-order valence-corrected chi connectivity index (χ3v) is 10.0. The quantitative estimate of drug-likeness (QED) is 0.184. The molecule has 0 spiro atoms. The lowest BCUT2D eigenvalue weighted by atomic mass is 10.1. The molecular weight excluding hydrogens is 781 g/mol. The Labute approximate surface area is 335 Å². The van der Waals surface area contributed by atoms with Gasteiger partial charge in [0.1, 0.15) is 23.5 Å². The number of carbonyl (C=O) groups excluding carboxylic acids is 3. The summed E-state index contributed by atoms with van der Waals surface area (Å²) in [5, 5.41) is 7.53. The summed E-state index contributed by atoms with van der Waals surface area (Å²) in [6, 6.07) is 11.1. The van der Waals surface area contributed by atoms with Crippen LogP contribution in [0.25, 0.3) is 22.3 Å². The van der Waals surface area contributed by atoms with Crippen molar-refractivity contribution in [2.24, 2.45) is 0 Å².